The summed E-state index contributed by atoms with van der Waals surface area (Å²) in [5.41, 5.74) is 1.06. The van der Waals surface area contributed by atoms with Crippen LogP contribution in [0.4, 0.5) is 0 Å². The Labute approximate surface area is 96.2 Å². The summed E-state index contributed by atoms with van der Waals surface area (Å²) in [4.78, 5) is 13.4. The van der Waals surface area contributed by atoms with Crippen LogP contribution in [0.15, 0.2) is 11.6 Å². The van der Waals surface area contributed by atoms with E-state index in [4.69, 9.17) is 4.74 Å². The number of likely N-dealkylation sites (tertiary alicyclic amines) is 1. The second-order valence-electron chi connectivity index (χ2n) is 4.78. The lowest BCUT2D eigenvalue weighted by Crippen LogP contribution is -2.42. The Morgan fingerprint density at radius 1 is 1.50 bits per heavy atom. The second kappa shape index (κ2) is 4.55. The predicted molar refractivity (Wildman–Crippen MR) is 60.1 cm³/mol. The first-order valence-electron chi connectivity index (χ1n) is 5.73. The number of carbonyl (C=O) groups is 1. The number of rotatable bonds is 1. The van der Waals surface area contributed by atoms with Crippen molar-refractivity contribution in [1.29, 1.82) is 0 Å². The van der Waals surface area contributed by atoms with Crippen LogP contribution in [0, 0.1) is 0 Å². The normalized spacial score (nSPS) is 27.5. The molecule has 2 fully saturated rings. The van der Waals surface area contributed by atoms with Crippen molar-refractivity contribution in [2.45, 2.75) is 24.9 Å². The van der Waals surface area contributed by atoms with Gasteiger partial charge in [0, 0.05) is 25.6 Å². The highest BCUT2D eigenvalue weighted by atomic mass is 16.5. The van der Waals surface area contributed by atoms with Crippen molar-refractivity contribution in [1.82, 2.24) is 4.90 Å². The van der Waals surface area contributed by atoms with Crippen molar-refractivity contribution < 1.29 is 14.3 Å². The van der Waals surface area contributed by atoms with E-state index in [2.05, 4.69) is 16.7 Å². The van der Waals surface area contributed by atoms with Gasteiger partial charge in [0.15, 0.2) is 0 Å². The molecule has 0 aromatic heterocycles. The van der Waals surface area contributed by atoms with Crippen LogP contribution in [0.5, 0.6) is 0 Å². The number of ether oxygens (including phenoxy) is 2. The third-order valence-corrected chi connectivity index (χ3v) is 3.53. The molecule has 0 amide bonds. The lowest BCUT2D eigenvalue weighted by molar-refractivity contribution is -0.134. The number of hydrogen-bond donors (Lipinski definition) is 0. The van der Waals surface area contributed by atoms with E-state index < -0.39 is 0 Å². The van der Waals surface area contributed by atoms with Gasteiger partial charge in [-0.25, -0.2) is 4.79 Å². The molecule has 0 N–H and O–H groups in total. The van der Waals surface area contributed by atoms with Crippen LogP contribution in [-0.4, -0.2) is 50.3 Å². The van der Waals surface area contributed by atoms with E-state index in [0.29, 0.717) is 6.61 Å². The van der Waals surface area contributed by atoms with Crippen LogP contribution in [0.2, 0.25) is 0 Å². The smallest absolute Gasteiger partial charge is 0.330 e. The summed E-state index contributed by atoms with van der Waals surface area (Å²) >= 11 is 0. The van der Waals surface area contributed by atoms with Gasteiger partial charge in [-0.15, -0.1) is 0 Å². The van der Waals surface area contributed by atoms with Crippen molar-refractivity contribution in [2.24, 2.45) is 0 Å². The summed E-state index contributed by atoms with van der Waals surface area (Å²) in [5, 5.41) is 0. The third-order valence-electron chi connectivity index (χ3n) is 3.53. The highest BCUT2D eigenvalue weighted by Gasteiger charge is 2.39. The first-order chi connectivity index (χ1) is 7.63. The molecule has 4 heteroatoms. The van der Waals surface area contributed by atoms with Gasteiger partial charge in [-0.3, -0.25) is 0 Å². The number of esters is 1. The fourth-order valence-electron chi connectivity index (χ4n) is 2.43. The summed E-state index contributed by atoms with van der Waals surface area (Å²) in [5.74, 6) is -0.274. The highest BCUT2D eigenvalue weighted by molar-refractivity contribution is 5.82. The van der Waals surface area contributed by atoms with E-state index >= 15 is 0 Å². The molecule has 0 atom stereocenters. The molecule has 1 spiro atoms. The van der Waals surface area contributed by atoms with E-state index in [9.17, 15) is 4.79 Å². The van der Waals surface area contributed by atoms with Crippen molar-refractivity contribution in [3.05, 3.63) is 11.6 Å². The van der Waals surface area contributed by atoms with Crippen LogP contribution < -0.4 is 0 Å². The molecule has 0 saturated carbocycles. The summed E-state index contributed by atoms with van der Waals surface area (Å²) in [7, 11) is 3.54. The maximum atomic E-state index is 11.1. The Morgan fingerprint density at radius 3 is 2.81 bits per heavy atom. The average Bonchev–Trinajstić information content (AvgIpc) is 2.66. The van der Waals surface area contributed by atoms with E-state index in [1.54, 1.807) is 6.08 Å². The molecule has 2 aliphatic heterocycles. The zero-order valence-corrected chi connectivity index (χ0v) is 9.99. The number of piperidine rings is 1. The van der Waals surface area contributed by atoms with Gasteiger partial charge in [-0.2, -0.15) is 0 Å². The molecule has 0 unspecified atom stereocenters. The summed E-state index contributed by atoms with van der Waals surface area (Å²) < 4.78 is 10.5. The molecule has 2 saturated heterocycles. The second-order valence-corrected chi connectivity index (χ2v) is 4.78. The van der Waals surface area contributed by atoms with Gasteiger partial charge in [-0.1, -0.05) is 0 Å². The Hall–Kier alpha value is -0.870. The molecule has 0 aliphatic carbocycles. The van der Waals surface area contributed by atoms with Crippen LogP contribution in [0.1, 0.15) is 19.3 Å². The lowest BCUT2D eigenvalue weighted by atomic mass is 9.87. The maximum absolute atomic E-state index is 11.1. The molecule has 16 heavy (non-hydrogen) atoms. The molecule has 0 aromatic carbocycles. The molecular weight excluding hydrogens is 206 g/mol. The minimum Gasteiger partial charge on any atom is -0.466 e. The zero-order chi connectivity index (χ0) is 11.6. The summed E-state index contributed by atoms with van der Waals surface area (Å²) in [6.45, 7) is 2.73. The largest absolute Gasteiger partial charge is 0.466 e. The molecule has 2 rings (SSSR count). The monoisotopic (exact) mass is 225 g/mol. The van der Waals surface area contributed by atoms with Gasteiger partial charge in [0.1, 0.15) is 0 Å². The fraction of sp³-hybridized carbons (Fsp3) is 0.750. The predicted octanol–water partition coefficient (Wildman–Crippen LogP) is 0.970. The molecule has 0 radical (unpaired) electrons. The highest BCUT2D eigenvalue weighted by Crippen LogP contribution is 2.37. The van der Waals surface area contributed by atoms with Gasteiger partial charge in [-0.05, 0) is 25.5 Å². The summed E-state index contributed by atoms with van der Waals surface area (Å²) in [6.07, 6.45) is 4.58. The number of hydrogen-bond acceptors (Lipinski definition) is 4. The van der Waals surface area contributed by atoms with Crippen LogP contribution in [0.3, 0.4) is 0 Å². The Bertz CT molecular complexity index is 303. The van der Waals surface area contributed by atoms with Crippen LogP contribution in [-0.2, 0) is 14.3 Å². The zero-order valence-electron chi connectivity index (χ0n) is 9.99. The van der Waals surface area contributed by atoms with Crippen LogP contribution >= 0.6 is 0 Å². The van der Waals surface area contributed by atoms with Gasteiger partial charge in [0.2, 0.25) is 0 Å². The third kappa shape index (κ3) is 2.44. The molecule has 2 aliphatic rings. The van der Waals surface area contributed by atoms with Crippen molar-refractivity contribution in [3.63, 3.8) is 0 Å². The average molecular weight is 225 g/mol. The topological polar surface area (TPSA) is 38.8 Å². The lowest BCUT2D eigenvalue weighted by Gasteiger charge is -2.36. The quantitative estimate of drug-likeness (QED) is 0.492. The Morgan fingerprint density at radius 2 is 2.19 bits per heavy atom. The van der Waals surface area contributed by atoms with Gasteiger partial charge in [0.25, 0.3) is 0 Å². The molecular formula is C12H19NO3. The van der Waals surface area contributed by atoms with E-state index in [0.717, 1.165) is 37.9 Å². The van der Waals surface area contributed by atoms with Crippen molar-refractivity contribution in [3.8, 4) is 0 Å². The van der Waals surface area contributed by atoms with Gasteiger partial charge >= 0.3 is 5.97 Å². The van der Waals surface area contributed by atoms with E-state index in [1.807, 2.05) is 0 Å². The SMILES string of the molecule is COC(=O)C=C1COC2(CCN(C)CC2)C1. The first-order valence-corrected chi connectivity index (χ1v) is 5.73. The number of methoxy groups -OCH3 is 1. The van der Waals surface area contributed by atoms with E-state index in [-0.39, 0.29) is 11.6 Å². The van der Waals surface area contributed by atoms with Crippen LogP contribution in [0.25, 0.3) is 0 Å². The van der Waals surface area contributed by atoms with Crippen molar-refractivity contribution >= 4 is 5.97 Å². The number of nitrogens with zero attached hydrogens (tertiary/aromatic N) is 1. The standard InChI is InChI=1S/C12H19NO3/c1-13-5-3-12(4-6-13)8-10(9-16-12)7-11(14)15-2/h7H,3-6,8-9H2,1-2H3. The van der Waals surface area contributed by atoms with Crippen molar-refractivity contribution in [2.75, 3.05) is 33.9 Å². The first kappa shape index (κ1) is 11.6. The number of carbonyl (C=O) groups excluding carboxylic acids is 1. The molecule has 90 valence electrons. The Kier molecular flexibility index (Phi) is 3.30. The minimum atomic E-state index is -0.274. The van der Waals surface area contributed by atoms with Gasteiger partial charge < -0.3 is 14.4 Å². The van der Waals surface area contributed by atoms with Gasteiger partial charge in [0.05, 0.1) is 19.3 Å². The fourth-order valence-corrected chi connectivity index (χ4v) is 2.43. The molecule has 4 nitrogen and oxygen atoms in total. The molecule has 0 bridgehead atoms. The molecule has 0 aromatic rings. The minimum absolute atomic E-state index is 0.00757. The van der Waals surface area contributed by atoms with E-state index in [1.165, 1.54) is 7.11 Å². The maximum Gasteiger partial charge on any atom is 0.330 e. The Balaban J connectivity index is 1.97. The summed E-state index contributed by atoms with van der Waals surface area (Å²) in [6, 6.07) is 0. The molecule has 2 heterocycles.